The van der Waals surface area contributed by atoms with Crippen LogP contribution in [0.4, 0.5) is 8.78 Å². The van der Waals surface area contributed by atoms with Crippen molar-refractivity contribution < 1.29 is 8.78 Å². The SMILES string of the molecule is Cc1ccc(-c2cc(C(F)F)c3c(=O)[nH]c(=S)n(C)c3n2)cc1C. The van der Waals surface area contributed by atoms with Gasteiger partial charge in [-0.05, 0) is 49.3 Å². The molecule has 1 N–H and O–H groups in total. The molecule has 2 heterocycles. The van der Waals surface area contributed by atoms with Gasteiger partial charge in [0.2, 0.25) is 0 Å². The number of H-pyrrole nitrogens is 1. The van der Waals surface area contributed by atoms with Crippen LogP contribution in [0.3, 0.4) is 0 Å². The van der Waals surface area contributed by atoms with Crippen LogP contribution >= 0.6 is 12.2 Å². The lowest BCUT2D eigenvalue weighted by Gasteiger charge is -2.12. The molecule has 0 atom stereocenters. The third kappa shape index (κ3) is 2.65. The number of aromatic amines is 1. The highest BCUT2D eigenvalue weighted by Gasteiger charge is 2.19. The summed E-state index contributed by atoms with van der Waals surface area (Å²) in [5, 5.41) is -0.131. The number of rotatable bonds is 2. The Morgan fingerprint density at radius 2 is 1.92 bits per heavy atom. The molecule has 2 aromatic heterocycles. The Morgan fingerprint density at radius 1 is 1.21 bits per heavy atom. The third-order valence-corrected chi connectivity index (χ3v) is 4.51. The lowest BCUT2D eigenvalue weighted by atomic mass is 10.0. The van der Waals surface area contributed by atoms with Gasteiger partial charge >= 0.3 is 0 Å². The van der Waals surface area contributed by atoms with E-state index < -0.39 is 12.0 Å². The molecule has 0 saturated heterocycles. The average molecular weight is 347 g/mol. The smallest absolute Gasteiger partial charge is 0.264 e. The maximum atomic E-state index is 13.5. The molecule has 0 bridgehead atoms. The average Bonchev–Trinajstić information content (AvgIpc) is 2.54. The maximum absolute atomic E-state index is 13.5. The van der Waals surface area contributed by atoms with Gasteiger partial charge in [0.1, 0.15) is 5.65 Å². The van der Waals surface area contributed by atoms with Crippen molar-refractivity contribution in [1.29, 1.82) is 0 Å². The van der Waals surface area contributed by atoms with Crippen LogP contribution in [0.1, 0.15) is 23.1 Å². The molecule has 0 amide bonds. The molecular weight excluding hydrogens is 332 g/mol. The van der Waals surface area contributed by atoms with Gasteiger partial charge in [0.05, 0.1) is 11.1 Å². The van der Waals surface area contributed by atoms with Gasteiger partial charge in [-0.25, -0.2) is 13.8 Å². The van der Waals surface area contributed by atoms with Gasteiger partial charge in [-0.3, -0.25) is 9.78 Å². The Balaban J connectivity index is 2.43. The zero-order chi connectivity index (χ0) is 17.6. The quantitative estimate of drug-likeness (QED) is 0.707. The van der Waals surface area contributed by atoms with Crippen LogP contribution in [0.5, 0.6) is 0 Å². The van der Waals surface area contributed by atoms with E-state index in [9.17, 15) is 13.6 Å². The van der Waals surface area contributed by atoms with E-state index in [1.807, 2.05) is 32.0 Å². The highest BCUT2D eigenvalue weighted by molar-refractivity contribution is 7.71. The Labute approximate surface area is 141 Å². The first-order chi connectivity index (χ1) is 11.3. The van der Waals surface area contributed by atoms with Gasteiger partial charge in [-0.1, -0.05) is 12.1 Å². The van der Waals surface area contributed by atoms with E-state index in [1.54, 1.807) is 7.05 Å². The lowest BCUT2D eigenvalue weighted by molar-refractivity contribution is 0.153. The monoisotopic (exact) mass is 347 g/mol. The van der Waals surface area contributed by atoms with Crippen molar-refractivity contribution in [2.75, 3.05) is 0 Å². The van der Waals surface area contributed by atoms with Crippen LogP contribution in [-0.2, 0) is 7.05 Å². The number of aromatic nitrogens is 3. The molecule has 0 unspecified atom stereocenters. The van der Waals surface area contributed by atoms with Crippen molar-refractivity contribution in [3.63, 3.8) is 0 Å². The van der Waals surface area contributed by atoms with Crippen molar-refractivity contribution in [3.05, 3.63) is 56.1 Å². The Morgan fingerprint density at radius 3 is 2.54 bits per heavy atom. The van der Waals surface area contributed by atoms with Crippen molar-refractivity contribution >= 4 is 23.3 Å². The van der Waals surface area contributed by atoms with E-state index >= 15 is 0 Å². The molecule has 4 nitrogen and oxygen atoms in total. The Bertz CT molecular complexity index is 1070. The van der Waals surface area contributed by atoms with Gasteiger partial charge in [-0.2, -0.15) is 0 Å². The highest BCUT2D eigenvalue weighted by atomic mass is 32.1. The minimum Gasteiger partial charge on any atom is -0.306 e. The van der Waals surface area contributed by atoms with E-state index in [4.69, 9.17) is 12.2 Å². The second-order valence-electron chi connectivity index (χ2n) is 5.71. The number of fused-ring (bicyclic) bond motifs is 1. The summed E-state index contributed by atoms with van der Waals surface area (Å²) in [6.45, 7) is 3.92. The summed E-state index contributed by atoms with van der Waals surface area (Å²) in [6.07, 6.45) is -2.79. The molecule has 0 aliphatic heterocycles. The van der Waals surface area contributed by atoms with E-state index in [-0.39, 0.29) is 21.4 Å². The van der Waals surface area contributed by atoms with Crippen molar-refractivity contribution in [2.45, 2.75) is 20.3 Å². The van der Waals surface area contributed by atoms with E-state index in [2.05, 4.69) is 9.97 Å². The minimum absolute atomic E-state index is 0.131. The third-order valence-electron chi connectivity index (χ3n) is 4.14. The number of nitrogens with one attached hydrogen (secondary N) is 1. The predicted molar refractivity (Wildman–Crippen MR) is 92.0 cm³/mol. The van der Waals surface area contributed by atoms with Crippen LogP contribution < -0.4 is 5.56 Å². The molecule has 7 heteroatoms. The molecule has 3 rings (SSSR count). The number of pyridine rings is 1. The van der Waals surface area contributed by atoms with Crippen LogP contribution in [0.15, 0.2) is 29.1 Å². The maximum Gasteiger partial charge on any atom is 0.264 e. The van der Waals surface area contributed by atoms with Crippen LogP contribution in [-0.4, -0.2) is 14.5 Å². The van der Waals surface area contributed by atoms with Gasteiger partial charge < -0.3 is 4.57 Å². The van der Waals surface area contributed by atoms with Crippen LogP contribution in [0, 0.1) is 18.6 Å². The number of nitrogens with zero attached hydrogens (tertiary/aromatic N) is 2. The molecule has 0 spiro atoms. The number of hydrogen-bond donors (Lipinski definition) is 1. The van der Waals surface area contributed by atoms with Crippen molar-refractivity contribution in [1.82, 2.24) is 14.5 Å². The molecule has 124 valence electrons. The first-order valence-corrected chi connectivity index (χ1v) is 7.70. The number of aryl methyl sites for hydroxylation is 3. The summed E-state index contributed by atoms with van der Waals surface area (Å²) in [5.74, 6) is 0. The summed E-state index contributed by atoms with van der Waals surface area (Å²) in [6, 6.07) is 6.90. The Hall–Kier alpha value is -2.41. The zero-order valence-corrected chi connectivity index (χ0v) is 14.2. The summed E-state index contributed by atoms with van der Waals surface area (Å²) in [7, 11) is 1.59. The molecule has 24 heavy (non-hydrogen) atoms. The summed E-state index contributed by atoms with van der Waals surface area (Å²) in [5.41, 5.74) is 2.39. The number of alkyl halides is 2. The fraction of sp³-hybridized carbons (Fsp3) is 0.235. The largest absolute Gasteiger partial charge is 0.306 e. The van der Waals surface area contributed by atoms with E-state index in [1.165, 1.54) is 10.6 Å². The highest BCUT2D eigenvalue weighted by Crippen LogP contribution is 2.30. The second kappa shape index (κ2) is 5.90. The number of benzene rings is 1. The molecule has 0 aliphatic carbocycles. The van der Waals surface area contributed by atoms with Gasteiger partial charge in [0.25, 0.3) is 12.0 Å². The molecule has 0 radical (unpaired) electrons. The van der Waals surface area contributed by atoms with Crippen molar-refractivity contribution in [3.8, 4) is 11.3 Å². The summed E-state index contributed by atoms with van der Waals surface area (Å²) >= 11 is 5.05. The summed E-state index contributed by atoms with van der Waals surface area (Å²) < 4.78 is 28.6. The van der Waals surface area contributed by atoms with Gasteiger partial charge in [0.15, 0.2) is 4.77 Å². The van der Waals surface area contributed by atoms with Crippen LogP contribution in [0.2, 0.25) is 0 Å². The topological polar surface area (TPSA) is 50.7 Å². The molecule has 1 aromatic carbocycles. The molecule has 3 aromatic rings. The minimum atomic E-state index is -2.79. The second-order valence-corrected chi connectivity index (χ2v) is 6.10. The molecule has 0 saturated carbocycles. The first kappa shape index (κ1) is 16.4. The molecule has 0 aliphatic rings. The standard InChI is InChI=1S/C17H15F2N3OS/c1-8-4-5-10(6-9(8)2)12-7-11(14(18)19)13-15(20-12)22(3)17(24)21-16(13)23/h4-7,14H,1-3H3,(H,21,23,24). The molecular formula is C17H15F2N3OS. The van der Waals surface area contributed by atoms with E-state index in [0.29, 0.717) is 11.3 Å². The number of hydrogen-bond acceptors (Lipinski definition) is 3. The fourth-order valence-corrected chi connectivity index (χ4v) is 2.77. The Kier molecular flexibility index (Phi) is 4.04. The fourth-order valence-electron chi connectivity index (χ4n) is 2.59. The van der Waals surface area contributed by atoms with Gasteiger partial charge in [-0.15, -0.1) is 0 Å². The lowest BCUT2D eigenvalue weighted by Crippen LogP contribution is -2.16. The summed E-state index contributed by atoms with van der Waals surface area (Å²) in [4.78, 5) is 18.9. The zero-order valence-electron chi connectivity index (χ0n) is 13.4. The first-order valence-electron chi connectivity index (χ1n) is 7.29. The van der Waals surface area contributed by atoms with Gasteiger partial charge in [0, 0.05) is 18.2 Å². The normalized spacial score (nSPS) is 11.4. The van der Waals surface area contributed by atoms with Crippen LogP contribution in [0.25, 0.3) is 22.3 Å². The predicted octanol–water partition coefficient (Wildman–Crippen LogP) is 4.21. The van der Waals surface area contributed by atoms with Crippen molar-refractivity contribution in [2.24, 2.45) is 7.05 Å². The van der Waals surface area contributed by atoms with E-state index in [0.717, 1.165) is 11.1 Å². The molecule has 0 fully saturated rings. The number of halogens is 2.